The molecule has 0 aliphatic heterocycles. The molecule has 0 amide bonds. The molecule has 0 unspecified atom stereocenters. The smallest absolute Gasteiger partial charge is 0.336 e. The van der Waals surface area contributed by atoms with Gasteiger partial charge in [-0.1, -0.05) is 12.1 Å². The first kappa shape index (κ1) is 19.3. The highest BCUT2D eigenvalue weighted by Crippen LogP contribution is 2.30. The fourth-order valence-corrected chi connectivity index (χ4v) is 3.35. The minimum Gasteiger partial charge on any atom is -0.493 e. The monoisotopic (exact) mass is 400 g/mol. The molecule has 0 saturated carbocycles. The minimum absolute atomic E-state index is 0.106. The molecule has 3 rings (SSSR count). The summed E-state index contributed by atoms with van der Waals surface area (Å²) in [6.07, 6.45) is -0.106. The molecule has 2 N–H and O–H groups in total. The van der Waals surface area contributed by atoms with Crippen LogP contribution in [0, 0.1) is 0 Å². The van der Waals surface area contributed by atoms with E-state index in [0.717, 1.165) is 11.7 Å². The quantitative estimate of drug-likeness (QED) is 0.581. The number of carboxylic acid groups (broad SMARTS) is 2. The van der Waals surface area contributed by atoms with Gasteiger partial charge >= 0.3 is 11.9 Å². The van der Waals surface area contributed by atoms with Gasteiger partial charge in [0, 0.05) is 6.42 Å². The molecule has 9 heteroatoms. The van der Waals surface area contributed by atoms with Crippen molar-refractivity contribution in [2.75, 3.05) is 14.2 Å². The highest BCUT2D eigenvalue weighted by molar-refractivity contribution is 7.00. The Morgan fingerprint density at radius 2 is 1.64 bits per heavy atom. The maximum Gasteiger partial charge on any atom is 0.336 e. The van der Waals surface area contributed by atoms with Crippen molar-refractivity contribution in [2.45, 2.75) is 6.42 Å². The summed E-state index contributed by atoms with van der Waals surface area (Å²) in [5, 5.41) is 19.4. The lowest BCUT2D eigenvalue weighted by atomic mass is 9.94. The van der Waals surface area contributed by atoms with Gasteiger partial charge in [-0.25, -0.2) is 9.59 Å². The number of benzene rings is 2. The van der Waals surface area contributed by atoms with E-state index in [0.29, 0.717) is 28.1 Å². The van der Waals surface area contributed by atoms with Crippen molar-refractivity contribution in [1.82, 2.24) is 8.75 Å². The topological polar surface area (TPSA) is 119 Å². The van der Waals surface area contributed by atoms with Gasteiger partial charge in [0.25, 0.3) is 0 Å². The molecule has 28 heavy (non-hydrogen) atoms. The Hall–Kier alpha value is -3.46. The lowest BCUT2D eigenvalue weighted by Gasteiger charge is -2.12. The average molecular weight is 400 g/mol. The Bertz CT molecular complexity index is 1090. The van der Waals surface area contributed by atoms with Crippen LogP contribution in [0.3, 0.4) is 0 Å². The number of aromatic nitrogens is 2. The predicted molar refractivity (Wildman–Crippen MR) is 103 cm³/mol. The van der Waals surface area contributed by atoms with Crippen molar-refractivity contribution in [3.05, 3.63) is 53.1 Å². The van der Waals surface area contributed by atoms with Crippen LogP contribution in [0.1, 0.15) is 11.1 Å². The molecular weight excluding hydrogens is 384 g/mol. The number of aliphatic carboxylic acids is 2. The standard InChI is InChI=1S/C19H16N2O6S/c1-26-15-6-3-10(8-16(15)27-2)7-12(18(22)23)17(19(24)25)11-4-5-13-14(9-11)21-28-20-13/h3-6,8-9H,7H2,1-2H3,(H,22,23)(H,24,25)/b17-12-. The average Bonchev–Trinajstić information content (AvgIpc) is 3.14. The van der Waals surface area contributed by atoms with Crippen molar-refractivity contribution < 1.29 is 29.3 Å². The van der Waals surface area contributed by atoms with Crippen molar-refractivity contribution in [2.24, 2.45) is 0 Å². The van der Waals surface area contributed by atoms with Gasteiger partial charge in [-0.2, -0.15) is 8.75 Å². The second-order valence-corrected chi connectivity index (χ2v) is 6.33. The van der Waals surface area contributed by atoms with Crippen LogP contribution in [-0.2, 0) is 16.0 Å². The van der Waals surface area contributed by atoms with E-state index >= 15 is 0 Å². The lowest BCUT2D eigenvalue weighted by Crippen LogP contribution is -2.13. The molecule has 0 atom stereocenters. The Balaban J connectivity index is 2.11. The molecule has 1 aromatic heterocycles. The summed E-state index contributed by atoms with van der Waals surface area (Å²) in [5.74, 6) is -1.73. The van der Waals surface area contributed by atoms with Crippen molar-refractivity contribution in [3.63, 3.8) is 0 Å². The number of carbonyl (C=O) groups is 2. The van der Waals surface area contributed by atoms with Gasteiger partial charge in [0.1, 0.15) is 11.0 Å². The van der Waals surface area contributed by atoms with Crippen LogP contribution in [0.2, 0.25) is 0 Å². The summed E-state index contributed by atoms with van der Waals surface area (Å²) in [7, 11) is 2.96. The van der Waals surface area contributed by atoms with Crippen molar-refractivity contribution >= 4 is 40.3 Å². The van der Waals surface area contributed by atoms with E-state index in [1.54, 1.807) is 24.3 Å². The predicted octanol–water partition coefficient (Wildman–Crippen LogP) is 2.87. The Kier molecular flexibility index (Phi) is 5.55. The van der Waals surface area contributed by atoms with Gasteiger partial charge < -0.3 is 19.7 Å². The van der Waals surface area contributed by atoms with Gasteiger partial charge in [0.05, 0.1) is 37.1 Å². The summed E-state index contributed by atoms with van der Waals surface area (Å²) >= 11 is 1.00. The van der Waals surface area contributed by atoms with E-state index < -0.39 is 11.9 Å². The zero-order valence-electron chi connectivity index (χ0n) is 15.0. The molecule has 8 nitrogen and oxygen atoms in total. The number of ether oxygens (including phenoxy) is 2. The molecule has 0 aliphatic rings. The molecule has 0 fully saturated rings. The third-order valence-corrected chi connectivity index (χ3v) is 4.70. The van der Waals surface area contributed by atoms with E-state index in [-0.39, 0.29) is 23.1 Å². The Labute approximate surface area is 164 Å². The fraction of sp³-hybridized carbons (Fsp3) is 0.158. The molecule has 0 aliphatic carbocycles. The molecule has 3 aromatic rings. The number of fused-ring (bicyclic) bond motifs is 1. The molecule has 1 heterocycles. The Morgan fingerprint density at radius 3 is 2.29 bits per heavy atom. The first-order valence-corrected chi connectivity index (χ1v) is 8.81. The summed E-state index contributed by atoms with van der Waals surface area (Å²) in [6.45, 7) is 0. The van der Waals surface area contributed by atoms with E-state index in [9.17, 15) is 19.8 Å². The molecule has 0 radical (unpaired) electrons. The van der Waals surface area contributed by atoms with Gasteiger partial charge in [-0.15, -0.1) is 0 Å². The summed E-state index contributed by atoms with van der Waals surface area (Å²) < 4.78 is 18.6. The summed E-state index contributed by atoms with van der Waals surface area (Å²) in [5.41, 5.74) is 1.42. The number of nitrogens with zero attached hydrogens (tertiary/aromatic N) is 2. The number of hydrogen-bond acceptors (Lipinski definition) is 7. The van der Waals surface area contributed by atoms with E-state index in [1.165, 1.54) is 26.4 Å². The zero-order valence-corrected chi connectivity index (χ0v) is 15.8. The van der Waals surface area contributed by atoms with Crippen molar-refractivity contribution in [3.8, 4) is 11.5 Å². The van der Waals surface area contributed by atoms with E-state index in [4.69, 9.17) is 9.47 Å². The molecule has 144 valence electrons. The highest BCUT2D eigenvalue weighted by Gasteiger charge is 2.23. The van der Waals surface area contributed by atoms with Gasteiger partial charge in [0.15, 0.2) is 11.5 Å². The summed E-state index contributed by atoms with van der Waals surface area (Å²) in [4.78, 5) is 23.8. The van der Waals surface area contributed by atoms with Crippen LogP contribution in [0.25, 0.3) is 16.6 Å². The largest absolute Gasteiger partial charge is 0.493 e. The Morgan fingerprint density at radius 1 is 0.929 bits per heavy atom. The zero-order chi connectivity index (χ0) is 20.3. The molecular formula is C19H16N2O6S. The molecule has 0 saturated heterocycles. The maximum absolute atomic E-state index is 11.9. The number of carboxylic acids is 2. The second-order valence-electron chi connectivity index (χ2n) is 5.80. The first-order chi connectivity index (χ1) is 13.4. The highest BCUT2D eigenvalue weighted by atomic mass is 32.1. The maximum atomic E-state index is 11.9. The van der Waals surface area contributed by atoms with Gasteiger partial charge in [0.2, 0.25) is 0 Å². The van der Waals surface area contributed by atoms with Crippen LogP contribution in [0.5, 0.6) is 11.5 Å². The molecule has 2 aromatic carbocycles. The van der Waals surface area contributed by atoms with Gasteiger partial charge in [-0.05, 0) is 35.4 Å². The molecule has 0 spiro atoms. The number of rotatable bonds is 7. The lowest BCUT2D eigenvalue weighted by molar-refractivity contribution is -0.134. The third-order valence-electron chi connectivity index (χ3n) is 4.15. The van der Waals surface area contributed by atoms with Crippen LogP contribution >= 0.6 is 11.7 Å². The normalized spacial score (nSPS) is 11.8. The van der Waals surface area contributed by atoms with Crippen LogP contribution in [0.4, 0.5) is 0 Å². The minimum atomic E-state index is -1.33. The van der Waals surface area contributed by atoms with Crippen LogP contribution in [0.15, 0.2) is 42.0 Å². The second kappa shape index (κ2) is 8.05. The van der Waals surface area contributed by atoms with E-state index in [2.05, 4.69) is 8.75 Å². The first-order valence-electron chi connectivity index (χ1n) is 8.08. The molecule has 0 bridgehead atoms. The van der Waals surface area contributed by atoms with Crippen LogP contribution in [-0.4, -0.2) is 45.1 Å². The number of methoxy groups -OCH3 is 2. The van der Waals surface area contributed by atoms with E-state index in [1.807, 2.05) is 0 Å². The third kappa shape index (κ3) is 3.79. The fourth-order valence-electron chi connectivity index (χ4n) is 2.83. The van der Waals surface area contributed by atoms with Gasteiger partial charge in [-0.3, -0.25) is 0 Å². The summed E-state index contributed by atoms with van der Waals surface area (Å²) in [6, 6.07) is 9.60. The number of hydrogen-bond donors (Lipinski definition) is 2. The SMILES string of the molecule is COc1ccc(C/C(C(=O)O)=C(/C(=O)O)c2ccc3nsnc3c2)cc1OC. The van der Waals surface area contributed by atoms with Crippen LogP contribution < -0.4 is 9.47 Å². The van der Waals surface area contributed by atoms with Crippen molar-refractivity contribution in [1.29, 1.82) is 0 Å².